The Kier molecular flexibility index (Phi) is 6.87. The second-order valence-electron chi connectivity index (χ2n) is 5.72. The summed E-state index contributed by atoms with van der Waals surface area (Å²) in [6, 6.07) is 10.2. The second-order valence-corrected chi connectivity index (χ2v) is 5.72. The first-order valence-electron chi connectivity index (χ1n) is 8.05. The summed E-state index contributed by atoms with van der Waals surface area (Å²) in [7, 11) is 0. The molecule has 2 rings (SSSR count). The number of rotatable bonds is 9. The molecule has 6 heteroatoms. The Labute approximate surface area is 136 Å². The molecule has 0 radical (unpaired) electrons. The SMILES string of the molecule is O=C(O)CCCNC(=O)N1CC(OCCCc2ccccc2)C1. The highest BCUT2D eigenvalue weighted by molar-refractivity contribution is 5.75. The molecule has 0 unspecified atom stereocenters. The largest absolute Gasteiger partial charge is 0.481 e. The van der Waals surface area contributed by atoms with Crippen molar-refractivity contribution in [2.24, 2.45) is 0 Å². The zero-order chi connectivity index (χ0) is 16.5. The van der Waals surface area contributed by atoms with Crippen LogP contribution in [0.25, 0.3) is 0 Å². The van der Waals surface area contributed by atoms with Gasteiger partial charge in [0, 0.05) is 19.6 Å². The van der Waals surface area contributed by atoms with E-state index in [0.717, 1.165) is 12.8 Å². The summed E-state index contributed by atoms with van der Waals surface area (Å²) in [5.41, 5.74) is 1.31. The van der Waals surface area contributed by atoms with Gasteiger partial charge in [-0.3, -0.25) is 4.79 Å². The molecule has 1 aromatic rings. The maximum atomic E-state index is 11.7. The molecule has 1 aromatic carbocycles. The number of ether oxygens (including phenoxy) is 1. The van der Waals surface area contributed by atoms with E-state index < -0.39 is 5.97 Å². The van der Waals surface area contributed by atoms with Crippen LogP contribution in [0.3, 0.4) is 0 Å². The first-order valence-corrected chi connectivity index (χ1v) is 8.05. The number of carboxylic acids is 1. The van der Waals surface area contributed by atoms with E-state index in [1.54, 1.807) is 4.90 Å². The van der Waals surface area contributed by atoms with E-state index in [2.05, 4.69) is 17.4 Å². The van der Waals surface area contributed by atoms with E-state index in [-0.39, 0.29) is 18.6 Å². The molecule has 1 aliphatic rings. The van der Waals surface area contributed by atoms with E-state index in [1.807, 2.05) is 18.2 Å². The molecule has 23 heavy (non-hydrogen) atoms. The average molecular weight is 320 g/mol. The Morgan fingerprint density at radius 3 is 2.65 bits per heavy atom. The van der Waals surface area contributed by atoms with Crippen LogP contribution in [0.4, 0.5) is 4.79 Å². The topological polar surface area (TPSA) is 78.9 Å². The van der Waals surface area contributed by atoms with Gasteiger partial charge >= 0.3 is 12.0 Å². The predicted molar refractivity (Wildman–Crippen MR) is 86.3 cm³/mol. The number of nitrogens with zero attached hydrogens (tertiary/aromatic N) is 1. The lowest BCUT2D eigenvalue weighted by Crippen LogP contribution is -2.57. The molecular formula is C17H24N2O4. The molecular weight excluding hydrogens is 296 g/mol. The van der Waals surface area contributed by atoms with Crippen molar-refractivity contribution in [3.8, 4) is 0 Å². The summed E-state index contributed by atoms with van der Waals surface area (Å²) in [5.74, 6) is -0.841. The van der Waals surface area contributed by atoms with Gasteiger partial charge in [-0.25, -0.2) is 4.79 Å². The van der Waals surface area contributed by atoms with Crippen molar-refractivity contribution in [3.05, 3.63) is 35.9 Å². The Hall–Kier alpha value is -2.08. The van der Waals surface area contributed by atoms with Crippen molar-refractivity contribution in [3.63, 3.8) is 0 Å². The van der Waals surface area contributed by atoms with Crippen LogP contribution < -0.4 is 5.32 Å². The summed E-state index contributed by atoms with van der Waals surface area (Å²) in [4.78, 5) is 23.8. The lowest BCUT2D eigenvalue weighted by Gasteiger charge is -2.38. The van der Waals surface area contributed by atoms with Crippen molar-refractivity contribution in [2.75, 3.05) is 26.2 Å². The van der Waals surface area contributed by atoms with Crippen molar-refractivity contribution < 1.29 is 19.4 Å². The van der Waals surface area contributed by atoms with Gasteiger partial charge in [0.05, 0.1) is 19.2 Å². The van der Waals surface area contributed by atoms with Crippen LogP contribution in [0.1, 0.15) is 24.8 Å². The fourth-order valence-corrected chi connectivity index (χ4v) is 2.43. The van der Waals surface area contributed by atoms with Crippen LogP contribution in [0, 0.1) is 0 Å². The molecule has 0 aromatic heterocycles. The van der Waals surface area contributed by atoms with Crippen LogP contribution in [-0.4, -0.2) is 54.4 Å². The number of hydrogen-bond donors (Lipinski definition) is 2. The second kappa shape index (κ2) is 9.15. The number of hydrogen-bond acceptors (Lipinski definition) is 3. The maximum Gasteiger partial charge on any atom is 0.317 e. The van der Waals surface area contributed by atoms with E-state index >= 15 is 0 Å². The number of carbonyl (C=O) groups excluding carboxylic acids is 1. The smallest absolute Gasteiger partial charge is 0.317 e. The van der Waals surface area contributed by atoms with Gasteiger partial charge in [-0.15, -0.1) is 0 Å². The number of carboxylic acid groups (broad SMARTS) is 1. The van der Waals surface area contributed by atoms with Gasteiger partial charge in [0.15, 0.2) is 0 Å². The summed E-state index contributed by atoms with van der Waals surface area (Å²) < 4.78 is 5.74. The maximum absolute atomic E-state index is 11.7. The van der Waals surface area contributed by atoms with Crippen molar-refractivity contribution in [1.82, 2.24) is 10.2 Å². The van der Waals surface area contributed by atoms with E-state index in [4.69, 9.17) is 9.84 Å². The average Bonchev–Trinajstić information content (AvgIpc) is 2.50. The monoisotopic (exact) mass is 320 g/mol. The van der Waals surface area contributed by atoms with E-state index in [9.17, 15) is 9.59 Å². The van der Waals surface area contributed by atoms with Crippen molar-refractivity contribution in [2.45, 2.75) is 31.8 Å². The van der Waals surface area contributed by atoms with Gasteiger partial charge in [-0.1, -0.05) is 30.3 Å². The number of likely N-dealkylation sites (tertiary alicyclic amines) is 1. The fraction of sp³-hybridized carbons (Fsp3) is 0.529. The molecule has 1 heterocycles. The fourth-order valence-electron chi connectivity index (χ4n) is 2.43. The van der Waals surface area contributed by atoms with Crippen molar-refractivity contribution >= 4 is 12.0 Å². The molecule has 0 saturated carbocycles. The zero-order valence-electron chi connectivity index (χ0n) is 13.2. The standard InChI is InChI=1S/C17H24N2O4/c20-16(21)9-4-10-18-17(22)19-12-15(13-19)23-11-5-8-14-6-2-1-3-7-14/h1-3,6-7,15H,4-5,8-13H2,(H,18,22)(H,20,21). The number of aryl methyl sites for hydroxylation is 1. The van der Waals surface area contributed by atoms with Crippen LogP contribution in [0.2, 0.25) is 0 Å². The molecule has 0 spiro atoms. The normalized spacial score (nSPS) is 14.3. The summed E-state index contributed by atoms with van der Waals surface area (Å²) in [6.07, 6.45) is 2.63. The molecule has 1 aliphatic heterocycles. The molecule has 126 valence electrons. The van der Waals surface area contributed by atoms with Crippen LogP contribution in [0.5, 0.6) is 0 Å². The van der Waals surface area contributed by atoms with Gasteiger partial charge in [-0.2, -0.15) is 0 Å². The van der Waals surface area contributed by atoms with Gasteiger partial charge in [0.1, 0.15) is 0 Å². The van der Waals surface area contributed by atoms with Gasteiger partial charge < -0.3 is 20.1 Å². The molecule has 0 atom stereocenters. The summed E-state index contributed by atoms with van der Waals surface area (Å²) >= 11 is 0. The van der Waals surface area contributed by atoms with Gasteiger partial charge in [0.25, 0.3) is 0 Å². The third kappa shape index (κ3) is 6.28. The zero-order valence-corrected chi connectivity index (χ0v) is 13.2. The molecule has 6 nitrogen and oxygen atoms in total. The highest BCUT2D eigenvalue weighted by atomic mass is 16.5. The Balaban J connectivity index is 1.48. The lowest BCUT2D eigenvalue weighted by atomic mass is 10.1. The molecule has 1 fully saturated rings. The highest BCUT2D eigenvalue weighted by Gasteiger charge is 2.30. The number of benzene rings is 1. The minimum atomic E-state index is -0.841. The predicted octanol–water partition coefficient (Wildman–Crippen LogP) is 1.89. The quantitative estimate of drug-likeness (QED) is 0.681. The lowest BCUT2D eigenvalue weighted by molar-refractivity contribution is -0.137. The van der Waals surface area contributed by atoms with Crippen LogP contribution in [-0.2, 0) is 16.0 Å². The van der Waals surface area contributed by atoms with Gasteiger partial charge in [0.2, 0.25) is 0 Å². The molecule has 1 saturated heterocycles. The molecule has 0 bridgehead atoms. The molecule has 0 aliphatic carbocycles. The summed E-state index contributed by atoms with van der Waals surface area (Å²) in [5, 5.41) is 11.2. The first kappa shape index (κ1) is 17.3. The number of urea groups is 1. The van der Waals surface area contributed by atoms with Crippen LogP contribution >= 0.6 is 0 Å². The van der Waals surface area contributed by atoms with E-state index in [0.29, 0.717) is 32.7 Å². The molecule has 2 N–H and O–H groups in total. The third-order valence-electron chi connectivity index (χ3n) is 3.79. The highest BCUT2D eigenvalue weighted by Crippen LogP contribution is 2.12. The number of aliphatic carboxylic acids is 1. The Morgan fingerprint density at radius 2 is 1.96 bits per heavy atom. The first-order chi connectivity index (χ1) is 11.1. The number of amides is 2. The number of nitrogens with one attached hydrogen (secondary N) is 1. The van der Waals surface area contributed by atoms with Crippen LogP contribution in [0.15, 0.2) is 30.3 Å². The molecule has 2 amide bonds. The van der Waals surface area contributed by atoms with Gasteiger partial charge in [-0.05, 0) is 24.8 Å². The summed E-state index contributed by atoms with van der Waals surface area (Å²) in [6.45, 7) is 2.31. The Morgan fingerprint density at radius 1 is 1.22 bits per heavy atom. The van der Waals surface area contributed by atoms with Crippen molar-refractivity contribution in [1.29, 1.82) is 0 Å². The Bertz CT molecular complexity index is 501. The minimum absolute atomic E-state index is 0.0768. The minimum Gasteiger partial charge on any atom is -0.481 e. The third-order valence-corrected chi connectivity index (χ3v) is 3.79. The van der Waals surface area contributed by atoms with E-state index in [1.165, 1.54) is 5.56 Å². The number of carbonyl (C=O) groups is 2.